The summed E-state index contributed by atoms with van der Waals surface area (Å²) in [5.41, 5.74) is 1.90. The van der Waals surface area contributed by atoms with Crippen molar-refractivity contribution in [3.63, 3.8) is 0 Å². The fraction of sp³-hybridized carbons (Fsp3) is 0.143. The molecule has 5 heteroatoms. The highest BCUT2D eigenvalue weighted by Crippen LogP contribution is 2.26. The van der Waals surface area contributed by atoms with Crippen LogP contribution in [0.3, 0.4) is 0 Å². The van der Waals surface area contributed by atoms with Crippen LogP contribution in [0.15, 0.2) is 34.8 Å². The van der Waals surface area contributed by atoms with E-state index in [1.807, 2.05) is 0 Å². The third-order valence-corrected chi connectivity index (χ3v) is 3.39. The zero-order valence-electron chi connectivity index (χ0n) is 10.2. The molecular weight excluding hydrogens is 316 g/mol. The van der Waals surface area contributed by atoms with Crippen LogP contribution in [0.2, 0.25) is 0 Å². The van der Waals surface area contributed by atoms with Gasteiger partial charge in [0, 0.05) is 17.8 Å². The number of anilines is 1. The zero-order valence-corrected chi connectivity index (χ0v) is 11.8. The molecule has 0 aliphatic heterocycles. The maximum Gasteiger partial charge on any atom is 0.137 e. The predicted octanol–water partition coefficient (Wildman–Crippen LogP) is 4.35. The Kier molecular flexibility index (Phi) is 4.04. The van der Waals surface area contributed by atoms with Crippen molar-refractivity contribution in [1.82, 2.24) is 0 Å². The van der Waals surface area contributed by atoms with E-state index in [1.54, 1.807) is 13.0 Å². The van der Waals surface area contributed by atoms with Gasteiger partial charge >= 0.3 is 0 Å². The van der Waals surface area contributed by atoms with Gasteiger partial charge in [-0.2, -0.15) is 0 Å². The van der Waals surface area contributed by atoms with Crippen LogP contribution in [0.5, 0.6) is 5.75 Å². The van der Waals surface area contributed by atoms with Crippen molar-refractivity contribution >= 4 is 21.6 Å². The molecule has 0 saturated heterocycles. The van der Waals surface area contributed by atoms with Crippen molar-refractivity contribution < 1.29 is 13.9 Å². The van der Waals surface area contributed by atoms with Crippen molar-refractivity contribution in [2.75, 3.05) is 5.32 Å². The normalized spacial score (nSPS) is 10.5. The Hall–Kier alpha value is -1.62. The summed E-state index contributed by atoms with van der Waals surface area (Å²) in [5, 5.41) is 12.6. The van der Waals surface area contributed by atoms with Gasteiger partial charge in [0.25, 0.3) is 0 Å². The van der Waals surface area contributed by atoms with Gasteiger partial charge in [0.05, 0.1) is 4.47 Å². The molecule has 0 heterocycles. The molecule has 0 fully saturated rings. The fourth-order valence-electron chi connectivity index (χ4n) is 1.72. The molecule has 0 bridgehead atoms. The Morgan fingerprint density at radius 3 is 2.68 bits per heavy atom. The minimum atomic E-state index is -0.411. The SMILES string of the molecule is Cc1cc(F)c(Br)cc1NCc1cc(F)ccc1O. The zero-order chi connectivity index (χ0) is 14.0. The molecule has 2 nitrogen and oxygen atoms in total. The molecule has 2 aromatic carbocycles. The van der Waals surface area contributed by atoms with E-state index in [0.29, 0.717) is 10.0 Å². The van der Waals surface area contributed by atoms with E-state index < -0.39 is 5.82 Å². The number of aromatic hydroxyl groups is 1. The molecule has 0 radical (unpaired) electrons. The molecule has 19 heavy (non-hydrogen) atoms. The van der Waals surface area contributed by atoms with Crippen molar-refractivity contribution in [3.05, 3.63) is 57.6 Å². The Morgan fingerprint density at radius 1 is 1.21 bits per heavy atom. The van der Waals surface area contributed by atoms with E-state index in [0.717, 1.165) is 11.3 Å². The standard InChI is InChI=1S/C14H12BrF2NO/c1-8-4-12(17)11(15)6-13(8)18-7-9-5-10(16)2-3-14(9)19/h2-6,18-19H,7H2,1H3. The Morgan fingerprint density at radius 2 is 1.95 bits per heavy atom. The number of nitrogens with one attached hydrogen (secondary N) is 1. The number of phenols is 1. The molecule has 0 aliphatic rings. The largest absolute Gasteiger partial charge is 0.508 e. The van der Waals surface area contributed by atoms with Gasteiger partial charge in [-0.25, -0.2) is 8.78 Å². The van der Waals surface area contributed by atoms with Crippen molar-refractivity contribution in [3.8, 4) is 5.75 Å². The summed E-state index contributed by atoms with van der Waals surface area (Å²) in [7, 11) is 0. The first-order valence-corrected chi connectivity index (χ1v) is 6.43. The molecule has 0 amide bonds. The molecule has 0 saturated carbocycles. The molecule has 0 atom stereocenters. The minimum Gasteiger partial charge on any atom is -0.508 e. The van der Waals surface area contributed by atoms with Gasteiger partial charge in [-0.1, -0.05) is 0 Å². The first-order valence-electron chi connectivity index (χ1n) is 5.64. The second kappa shape index (κ2) is 5.57. The first kappa shape index (κ1) is 13.8. The summed E-state index contributed by atoms with van der Waals surface area (Å²) < 4.78 is 26.7. The van der Waals surface area contributed by atoms with E-state index in [1.165, 1.54) is 24.3 Å². The van der Waals surface area contributed by atoms with Gasteiger partial charge in [0.15, 0.2) is 0 Å². The average molecular weight is 328 g/mol. The highest BCUT2D eigenvalue weighted by molar-refractivity contribution is 9.10. The van der Waals surface area contributed by atoms with E-state index in [2.05, 4.69) is 21.2 Å². The summed E-state index contributed by atoms with van der Waals surface area (Å²) in [6.45, 7) is 2.02. The lowest BCUT2D eigenvalue weighted by Crippen LogP contribution is -2.02. The molecule has 2 aromatic rings. The highest BCUT2D eigenvalue weighted by atomic mass is 79.9. The van der Waals surface area contributed by atoms with Crippen molar-refractivity contribution in [1.29, 1.82) is 0 Å². The third-order valence-electron chi connectivity index (χ3n) is 2.78. The second-order valence-electron chi connectivity index (χ2n) is 4.21. The molecule has 100 valence electrons. The summed E-state index contributed by atoms with van der Waals surface area (Å²) in [5.74, 6) is -0.726. The number of rotatable bonds is 3. The average Bonchev–Trinajstić information content (AvgIpc) is 2.36. The van der Waals surface area contributed by atoms with Gasteiger partial charge in [-0.05, 0) is 58.7 Å². The first-order chi connectivity index (χ1) is 8.97. The number of benzene rings is 2. The van der Waals surface area contributed by atoms with Gasteiger partial charge in [0.2, 0.25) is 0 Å². The molecule has 0 unspecified atom stereocenters. The van der Waals surface area contributed by atoms with Crippen LogP contribution < -0.4 is 5.32 Å². The molecule has 0 aliphatic carbocycles. The van der Waals surface area contributed by atoms with Crippen LogP contribution in [0, 0.1) is 18.6 Å². The topological polar surface area (TPSA) is 32.3 Å². The lowest BCUT2D eigenvalue weighted by Gasteiger charge is -2.11. The fourth-order valence-corrected chi connectivity index (χ4v) is 2.07. The lowest BCUT2D eigenvalue weighted by atomic mass is 10.1. The monoisotopic (exact) mass is 327 g/mol. The molecule has 0 spiro atoms. The van der Waals surface area contributed by atoms with Crippen LogP contribution in [0.4, 0.5) is 14.5 Å². The van der Waals surface area contributed by atoms with Gasteiger partial charge in [-0.3, -0.25) is 0 Å². The van der Waals surface area contributed by atoms with Crippen LogP contribution >= 0.6 is 15.9 Å². The number of hydrogen-bond acceptors (Lipinski definition) is 2. The number of halogens is 3. The van der Waals surface area contributed by atoms with Crippen molar-refractivity contribution in [2.45, 2.75) is 13.5 Å². The van der Waals surface area contributed by atoms with Gasteiger partial charge in [-0.15, -0.1) is 0 Å². The van der Waals surface area contributed by atoms with Crippen LogP contribution in [0.25, 0.3) is 0 Å². The highest BCUT2D eigenvalue weighted by Gasteiger charge is 2.07. The maximum atomic E-state index is 13.3. The summed E-state index contributed by atoms with van der Waals surface area (Å²) >= 11 is 3.11. The Balaban J connectivity index is 2.19. The van der Waals surface area contributed by atoms with Gasteiger partial charge in [0.1, 0.15) is 17.4 Å². The van der Waals surface area contributed by atoms with E-state index >= 15 is 0 Å². The molecule has 0 aromatic heterocycles. The Labute approximate surface area is 118 Å². The summed E-state index contributed by atoms with van der Waals surface area (Å²) in [4.78, 5) is 0. The van der Waals surface area contributed by atoms with E-state index in [-0.39, 0.29) is 18.1 Å². The number of hydrogen-bond donors (Lipinski definition) is 2. The predicted molar refractivity (Wildman–Crippen MR) is 74.2 cm³/mol. The molecule has 2 rings (SSSR count). The number of phenolic OH excluding ortho intramolecular Hbond substituents is 1. The van der Waals surface area contributed by atoms with E-state index in [4.69, 9.17) is 0 Å². The Bertz CT molecular complexity index is 617. The number of aryl methyl sites for hydroxylation is 1. The molecule has 2 N–H and O–H groups in total. The summed E-state index contributed by atoms with van der Waals surface area (Å²) in [6.07, 6.45) is 0. The molecular formula is C14H12BrF2NO. The third kappa shape index (κ3) is 3.23. The van der Waals surface area contributed by atoms with E-state index in [9.17, 15) is 13.9 Å². The smallest absolute Gasteiger partial charge is 0.137 e. The quantitative estimate of drug-likeness (QED) is 0.878. The van der Waals surface area contributed by atoms with Crippen LogP contribution in [-0.4, -0.2) is 5.11 Å². The van der Waals surface area contributed by atoms with Crippen LogP contribution in [-0.2, 0) is 6.54 Å². The maximum absolute atomic E-state index is 13.3. The van der Waals surface area contributed by atoms with Crippen molar-refractivity contribution in [2.24, 2.45) is 0 Å². The minimum absolute atomic E-state index is 0.0210. The summed E-state index contributed by atoms with van der Waals surface area (Å²) in [6, 6.07) is 6.77. The lowest BCUT2D eigenvalue weighted by molar-refractivity contribution is 0.466. The van der Waals surface area contributed by atoms with Crippen LogP contribution in [0.1, 0.15) is 11.1 Å². The van der Waals surface area contributed by atoms with Gasteiger partial charge < -0.3 is 10.4 Å². The second-order valence-corrected chi connectivity index (χ2v) is 5.06.